The van der Waals surface area contributed by atoms with E-state index in [2.05, 4.69) is 0 Å². The van der Waals surface area contributed by atoms with Gasteiger partial charge in [0.25, 0.3) is 0 Å². The van der Waals surface area contributed by atoms with Gasteiger partial charge in [0.15, 0.2) is 12.4 Å². The molecule has 0 aromatic heterocycles. The van der Waals surface area contributed by atoms with Crippen LogP contribution in [0.1, 0.15) is 21.5 Å². The maximum absolute atomic E-state index is 12.7. The molecule has 7 nitrogen and oxygen atoms in total. The minimum Gasteiger partial charge on any atom is -0.453 e. The lowest BCUT2D eigenvalue weighted by atomic mass is 9.98. The summed E-state index contributed by atoms with van der Waals surface area (Å²) in [6.07, 6.45) is -5.86. The Hall–Kier alpha value is -3.07. The Bertz CT molecular complexity index is 1010. The van der Waals surface area contributed by atoms with Crippen molar-refractivity contribution >= 4 is 5.97 Å². The Kier molecular flexibility index (Phi) is 8.41. The van der Waals surface area contributed by atoms with E-state index in [1.165, 1.54) is 0 Å². The third-order valence-electron chi connectivity index (χ3n) is 5.57. The van der Waals surface area contributed by atoms with Crippen LogP contribution in [0.25, 0.3) is 0 Å². The van der Waals surface area contributed by atoms with Gasteiger partial charge >= 0.3 is 5.97 Å². The molecule has 0 amide bonds. The summed E-state index contributed by atoms with van der Waals surface area (Å²) in [6.45, 7) is 0.457. The molecule has 0 bridgehead atoms. The van der Waals surface area contributed by atoms with Gasteiger partial charge in [0.2, 0.25) is 0 Å². The quantitative estimate of drug-likeness (QED) is 0.470. The zero-order valence-electron chi connectivity index (χ0n) is 18.6. The number of aliphatic hydroxyl groups excluding tert-OH is 2. The van der Waals surface area contributed by atoms with E-state index >= 15 is 0 Å². The number of esters is 1. The van der Waals surface area contributed by atoms with Gasteiger partial charge in [0.1, 0.15) is 18.3 Å². The number of hydrogen-bond acceptors (Lipinski definition) is 7. The van der Waals surface area contributed by atoms with E-state index in [4.69, 9.17) is 18.9 Å². The van der Waals surface area contributed by atoms with Crippen molar-refractivity contribution in [3.63, 3.8) is 0 Å². The summed E-state index contributed by atoms with van der Waals surface area (Å²) >= 11 is 0. The average Bonchev–Trinajstić information content (AvgIpc) is 2.88. The van der Waals surface area contributed by atoms with Crippen LogP contribution in [0.3, 0.4) is 0 Å². The molecule has 34 heavy (non-hydrogen) atoms. The number of ether oxygens (including phenoxy) is 4. The molecule has 1 saturated heterocycles. The zero-order valence-corrected chi connectivity index (χ0v) is 18.6. The van der Waals surface area contributed by atoms with Gasteiger partial charge in [-0.25, -0.2) is 4.79 Å². The van der Waals surface area contributed by atoms with E-state index in [1.54, 1.807) is 30.3 Å². The van der Waals surface area contributed by atoms with Gasteiger partial charge in [0.05, 0.1) is 25.4 Å². The maximum atomic E-state index is 12.7. The highest BCUT2D eigenvalue weighted by Crippen LogP contribution is 2.27. The van der Waals surface area contributed by atoms with Crippen LogP contribution < -0.4 is 0 Å². The highest BCUT2D eigenvalue weighted by molar-refractivity contribution is 5.89. The van der Waals surface area contributed by atoms with Gasteiger partial charge in [-0.1, -0.05) is 78.9 Å². The largest absolute Gasteiger partial charge is 0.453 e. The molecule has 1 aliphatic rings. The number of carbonyl (C=O) groups excluding carboxylic acids is 1. The molecule has 178 valence electrons. The van der Waals surface area contributed by atoms with E-state index in [9.17, 15) is 15.0 Å². The fraction of sp³-hybridized carbons (Fsp3) is 0.296. The molecule has 0 aliphatic carbocycles. The summed E-state index contributed by atoms with van der Waals surface area (Å²) in [6, 6.07) is 27.4. The molecule has 3 aromatic carbocycles. The van der Waals surface area contributed by atoms with E-state index < -0.39 is 36.7 Å². The second-order valence-corrected chi connectivity index (χ2v) is 8.05. The fourth-order valence-electron chi connectivity index (χ4n) is 3.77. The predicted octanol–water partition coefficient (Wildman–Crippen LogP) is 3.09. The molecule has 7 heteroatoms. The van der Waals surface area contributed by atoms with Crippen LogP contribution in [0.2, 0.25) is 0 Å². The average molecular weight is 465 g/mol. The topological polar surface area (TPSA) is 94.5 Å². The molecule has 2 N–H and O–H groups in total. The van der Waals surface area contributed by atoms with Crippen molar-refractivity contribution in [2.24, 2.45) is 0 Å². The number of hydrogen-bond donors (Lipinski definition) is 2. The first-order valence-electron chi connectivity index (χ1n) is 11.2. The number of aliphatic hydroxyl groups is 2. The number of benzene rings is 3. The van der Waals surface area contributed by atoms with E-state index in [-0.39, 0.29) is 13.2 Å². The molecule has 1 heterocycles. The summed E-state index contributed by atoms with van der Waals surface area (Å²) in [5, 5.41) is 21.6. The molecule has 4 rings (SSSR count). The highest BCUT2D eigenvalue weighted by atomic mass is 16.7. The Balaban J connectivity index is 1.45. The molecule has 0 saturated carbocycles. The van der Waals surface area contributed by atoms with Crippen molar-refractivity contribution in [3.8, 4) is 0 Å². The van der Waals surface area contributed by atoms with Crippen LogP contribution >= 0.6 is 0 Å². The van der Waals surface area contributed by atoms with Gasteiger partial charge in [0, 0.05) is 0 Å². The van der Waals surface area contributed by atoms with Gasteiger partial charge in [-0.15, -0.1) is 0 Å². The second kappa shape index (κ2) is 11.9. The van der Waals surface area contributed by atoms with Crippen molar-refractivity contribution in [2.75, 3.05) is 6.61 Å². The molecular weight excluding hydrogens is 436 g/mol. The number of rotatable bonds is 9. The standard InChI is InChI=1S/C27H28O7/c28-23-24(34-26(29)21-14-8-3-9-15-21)22(18-31-16-19-10-4-1-5-11-19)33-27(30)25(23)32-17-20-12-6-2-7-13-20/h1-15,22-25,27-28,30H,16-18H2/t22-,23+,24+,25-,27-/m1/s1. The fourth-order valence-corrected chi connectivity index (χ4v) is 3.77. The first-order valence-corrected chi connectivity index (χ1v) is 11.2. The van der Waals surface area contributed by atoms with Crippen molar-refractivity contribution in [1.29, 1.82) is 0 Å². The van der Waals surface area contributed by atoms with Crippen LogP contribution in [0.4, 0.5) is 0 Å². The molecule has 1 fully saturated rings. The second-order valence-electron chi connectivity index (χ2n) is 8.05. The first kappa shape index (κ1) is 24.1. The van der Waals surface area contributed by atoms with Crippen LogP contribution in [0.5, 0.6) is 0 Å². The molecule has 0 unspecified atom stereocenters. The van der Waals surface area contributed by atoms with Crippen LogP contribution in [-0.2, 0) is 32.2 Å². The SMILES string of the molecule is O=C(O[C@@H]1[C@H](O)[C@@H](OCc2ccccc2)[C@H](O)O[C@@H]1COCc1ccccc1)c1ccccc1. The monoisotopic (exact) mass is 464 g/mol. The zero-order chi connectivity index (χ0) is 23.8. The smallest absolute Gasteiger partial charge is 0.338 e. The third kappa shape index (κ3) is 6.28. The lowest BCUT2D eigenvalue weighted by Crippen LogP contribution is -2.60. The number of carbonyl (C=O) groups is 1. The van der Waals surface area contributed by atoms with Gasteiger partial charge in [-0.2, -0.15) is 0 Å². The summed E-state index contributed by atoms with van der Waals surface area (Å²) in [4.78, 5) is 12.7. The van der Waals surface area contributed by atoms with Crippen molar-refractivity contribution in [1.82, 2.24) is 0 Å². The lowest BCUT2D eigenvalue weighted by Gasteiger charge is -2.42. The summed E-state index contributed by atoms with van der Waals surface area (Å²) in [5.74, 6) is -0.612. The molecular formula is C27H28O7. The van der Waals surface area contributed by atoms with Crippen LogP contribution in [0, 0.1) is 0 Å². The summed E-state index contributed by atoms with van der Waals surface area (Å²) < 4.78 is 22.9. The van der Waals surface area contributed by atoms with Crippen molar-refractivity contribution in [3.05, 3.63) is 108 Å². The summed E-state index contributed by atoms with van der Waals surface area (Å²) in [5.41, 5.74) is 2.17. The van der Waals surface area contributed by atoms with E-state index in [1.807, 2.05) is 60.7 Å². The molecule has 0 radical (unpaired) electrons. The third-order valence-corrected chi connectivity index (χ3v) is 5.57. The maximum Gasteiger partial charge on any atom is 0.338 e. The van der Waals surface area contributed by atoms with E-state index in [0.717, 1.165) is 11.1 Å². The molecule has 5 atom stereocenters. The predicted molar refractivity (Wildman–Crippen MR) is 124 cm³/mol. The molecule has 0 spiro atoms. The van der Waals surface area contributed by atoms with Gasteiger partial charge < -0.3 is 29.2 Å². The highest BCUT2D eigenvalue weighted by Gasteiger charge is 2.47. The minimum absolute atomic E-state index is 0.00115. The van der Waals surface area contributed by atoms with E-state index in [0.29, 0.717) is 12.2 Å². The Morgan fingerprint density at radius 3 is 1.94 bits per heavy atom. The normalized spacial score (nSPS) is 24.5. The van der Waals surface area contributed by atoms with Crippen LogP contribution in [-0.4, -0.2) is 53.5 Å². The molecule has 1 aliphatic heterocycles. The first-order chi connectivity index (χ1) is 16.6. The van der Waals surface area contributed by atoms with Crippen LogP contribution in [0.15, 0.2) is 91.0 Å². The molecule has 3 aromatic rings. The lowest BCUT2D eigenvalue weighted by molar-refractivity contribution is -0.299. The van der Waals surface area contributed by atoms with Crippen molar-refractivity contribution in [2.45, 2.75) is 43.9 Å². The Morgan fingerprint density at radius 1 is 0.765 bits per heavy atom. The van der Waals surface area contributed by atoms with Gasteiger partial charge in [-0.3, -0.25) is 0 Å². The minimum atomic E-state index is -1.42. The van der Waals surface area contributed by atoms with Gasteiger partial charge in [-0.05, 0) is 23.3 Å². The summed E-state index contributed by atoms with van der Waals surface area (Å²) in [7, 11) is 0. The Labute approximate surface area is 198 Å². The Morgan fingerprint density at radius 2 is 1.32 bits per heavy atom. The van der Waals surface area contributed by atoms with Crippen molar-refractivity contribution < 1.29 is 34.0 Å².